The molecule has 1 aliphatic heterocycles. The lowest BCUT2D eigenvalue weighted by atomic mass is 9.84. The predicted octanol–water partition coefficient (Wildman–Crippen LogP) is 2.91. The summed E-state index contributed by atoms with van der Waals surface area (Å²) in [5, 5.41) is 12.8. The molecule has 1 saturated heterocycles. The Morgan fingerprint density at radius 1 is 1.30 bits per heavy atom. The van der Waals surface area contributed by atoms with Gasteiger partial charge in [-0.05, 0) is 32.8 Å². The Kier molecular flexibility index (Phi) is 4.33. The van der Waals surface area contributed by atoms with E-state index in [4.69, 9.17) is 0 Å². The van der Waals surface area contributed by atoms with Crippen LogP contribution in [0.1, 0.15) is 38.7 Å². The molecular formula is C16H24N2O2. The highest BCUT2D eigenvalue weighted by molar-refractivity contribution is 5.65. The summed E-state index contributed by atoms with van der Waals surface area (Å²) < 4.78 is 0. The second kappa shape index (κ2) is 5.83. The Bertz CT molecular complexity index is 453. The fourth-order valence-corrected chi connectivity index (χ4v) is 2.93. The van der Waals surface area contributed by atoms with Gasteiger partial charge in [-0.3, -0.25) is 0 Å². The Morgan fingerprint density at radius 2 is 1.95 bits per heavy atom. The zero-order valence-corrected chi connectivity index (χ0v) is 12.5. The van der Waals surface area contributed by atoms with E-state index in [0.29, 0.717) is 19.0 Å². The average molecular weight is 276 g/mol. The van der Waals surface area contributed by atoms with E-state index in [0.717, 1.165) is 6.42 Å². The first-order valence-electron chi connectivity index (χ1n) is 7.17. The summed E-state index contributed by atoms with van der Waals surface area (Å²) in [5.41, 5.74) is 1.26. The molecule has 0 saturated carbocycles. The van der Waals surface area contributed by atoms with Gasteiger partial charge in [-0.2, -0.15) is 0 Å². The van der Waals surface area contributed by atoms with Crippen LogP contribution in [-0.4, -0.2) is 40.8 Å². The van der Waals surface area contributed by atoms with Crippen molar-refractivity contribution in [3.8, 4) is 0 Å². The van der Waals surface area contributed by atoms with E-state index in [1.165, 1.54) is 10.5 Å². The zero-order valence-electron chi connectivity index (χ0n) is 12.5. The molecule has 0 aromatic heterocycles. The molecule has 1 aromatic rings. The number of amides is 1. The van der Waals surface area contributed by atoms with Gasteiger partial charge in [0.25, 0.3) is 0 Å². The lowest BCUT2D eigenvalue weighted by Gasteiger charge is -2.41. The number of rotatable bonds is 2. The number of carboxylic acid groups (broad SMARTS) is 1. The number of benzene rings is 1. The van der Waals surface area contributed by atoms with Crippen molar-refractivity contribution in [3.63, 3.8) is 0 Å². The van der Waals surface area contributed by atoms with Crippen LogP contribution in [0.2, 0.25) is 0 Å². The van der Waals surface area contributed by atoms with Crippen molar-refractivity contribution >= 4 is 6.09 Å². The molecule has 20 heavy (non-hydrogen) atoms. The molecule has 0 radical (unpaired) electrons. The van der Waals surface area contributed by atoms with Gasteiger partial charge in [-0.15, -0.1) is 0 Å². The summed E-state index contributed by atoms with van der Waals surface area (Å²) in [4.78, 5) is 12.7. The van der Waals surface area contributed by atoms with Gasteiger partial charge < -0.3 is 15.3 Å². The third-order valence-electron chi connectivity index (χ3n) is 3.73. The largest absolute Gasteiger partial charge is 0.465 e. The molecular weight excluding hydrogens is 252 g/mol. The van der Waals surface area contributed by atoms with E-state index in [9.17, 15) is 9.90 Å². The number of hydrogen-bond donors (Lipinski definition) is 2. The van der Waals surface area contributed by atoms with Gasteiger partial charge in [0, 0.05) is 30.6 Å². The normalized spacial score (nSPS) is 23.6. The zero-order chi connectivity index (χ0) is 14.8. The van der Waals surface area contributed by atoms with Crippen LogP contribution in [0, 0.1) is 0 Å². The molecule has 4 nitrogen and oxygen atoms in total. The molecule has 0 spiro atoms. The van der Waals surface area contributed by atoms with Crippen molar-refractivity contribution < 1.29 is 9.90 Å². The summed E-state index contributed by atoms with van der Waals surface area (Å²) in [6.07, 6.45) is 0.0431. The van der Waals surface area contributed by atoms with Crippen LogP contribution in [-0.2, 0) is 0 Å². The van der Waals surface area contributed by atoms with Crippen molar-refractivity contribution in [1.29, 1.82) is 0 Å². The first-order chi connectivity index (χ1) is 9.37. The molecule has 1 amide bonds. The van der Waals surface area contributed by atoms with Crippen molar-refractivity contribution in [3.05, 3.63) is 35.9 Å². The fourth-order valence-electron chi connectivity index (χ4n) is 2.93. The quantitative estimate of drug-likeness (QED) is 0.873. The van der Waals surface area contributed by atoms with Gasteiger partial charge in [-0.1, -0.05) is 30.3 Å². The molecule has 2 N–H and O–H groups in total. The molecule has 1 aromatic carbocycles. The molecule has 2 atom stereocenters. The minimum absolute atomic E-state index is 0.0286. The third-order valence-corrected chi connectivity index (χ3v) is 3.73. The van der Waals surface area contributed by atoms with Gasteiger partial charge in [0.15, 0.2) is 0 Å². The Labute approximate surface area is 120 Å². The monoisotopic (exact) mass is 276 g/mol. The van der Waals surface area contributed by atoms with E-state index < -0.39 is 6.09 Å². The summed E-state index contributed by atoms with van der Waals surface area (Å²) in [5.74, 6) is 0.367. The fraction of sp³-hybridized carbons (Fsp3) is 0.562. The first-order valence-corrected chi connectivity index (χ1v) is 7.17. The SMILES string of the molecule is CC(C)(C)N[C@H]1CN(C(=O)O)CC[C@H]1c1ccccc1. The van der Waals surface area contributed by atoms with Crippen LogP contribution >= 0.6 is 0 Å². The highest BCUT2D eigenvalue weighted by Crippen LogP contribution is 2.29. The highest BCUT2D eigenvalue weighted by atomic mass is 16.4. The number of nitrogens with one attached hydrogen (secondary N) is 1. The molecule has 1 heterocycles. The molecule has 0 aliphatic carbocycles. The van der Waals surface area contributed by atoms with E-state index in [2.05, 4.69) is 38.2 Å². The maximum absolute atomic E-state index is 11.2. The number of likely N-dealkylation sites (tertiary alicyclic amines) is 1. The molecule has 4 heteroatoms. The van der Waals surface area contributed by atoms with Crippen LogP contribution in [0.25, 0.3) is 0 Å². The highest BCUT2D eigenvalue weighted by Gasteiger charge is 2.34. The lowest BCUT2D eigenvalue weighted by Crippen LogP contribution is -2.56. The smallest absolute Gasteiger partial charge is 0.407 e. The number of hydrogen-bond acceptors (Lipinski definition) is 2. The topological polar surface area (TPSA) is 52.6 Å². The third kappa shape index (κ3) is 3.73. The van der Waals surface area contributed by atoms with Crippen LogP contribution < -0.4 is 5.32 Å². The number of nitrogens with zero attached hydrogens (tertiary/aromatic N) is 1. The standard InChI is InChI=1S/C16H24N2O2/c1-16(2,3)17-14-11-18(15(19)20)10-9-13(14)12-7-5-4-6-8-12/h4-8,13-14,17H,9-11H2,1-3H3,(H,19,20)/t13-,14-/m0/s1. The second-order valence-electron chi connectivity index (χ2n) is 6.54. The number of piperidine rings is 1. The molecule has 0 bridgehead atoms. The van der Waals surface area contributed by atoms with Gasteiger partial charge in [0.2, 0.25) is 0 Å². The van der Waals surface area contributed by atoms with Crippen molar-refractivity contribution in [2.24, 2.45) is 0 Å². The first kappa shape index (κ1) is 14.9. The minimum atomic E-state index is -0.822. The van der Waals surface area contributed by atoms with Crippen LogP contribution in [0.5, 0.6) is 0 Å². The van der Waals surface area contributed by atoms with E-state index in [-0.39, 0.29) is 11.6 Å². The van der Waals surface area contributed by atoms with Crippen LogP contribution in [0.4, 0.5) is 4.79 Å². The van der Waals surface area contributed by atoms with Crippen LogP contribution in [0.3, 0.4) is 0 Å². The summed E-state index contributed by atoms with van der Waals surface area (Å²) in [7, 11) is 0. The maximum atomic E-state index is 11.2. The maximum Gasteiger partial charge on any atom is 0.407 e. The molecule has 2 rings (SSSR count). The lowest BCUT2D eigenvalue weighted by molar-refractivity contribution is 0.114. The van der Waals surface area contributed by atoms with Crippen molar-refractivity contribution in [2.75, 3.05) is 13.1 Å². The van der Waals surface area contributed by atoms with Crippen molar-refractivity contribution in [2.45, 2.75) is 44.7 Å². The van der Waals surface area contributed by atoms with E-state index >= 15 is 0 Å². The molecule has 110 valence electrons. The number of carbonyl (C=O) groups is 1. The van der Waals surface area contributed by atoms with Gasteiger partial charge in [0.05, 0.1) is 0 Å². The predicted molar refractivity (Wildman–Crippen MR) is 80.1 cm³/mol. The average Bonchev–Trinajstić information content (AvgIpc) is 2.37. The molecule has 0 unspecified atom stereocenters. The summed E-state index contributed by atoms with van der Waals surface area (Å²) >= 11 is 0. The molecule has 1 fully saturated rings. The van der Waals surface area contributed by atoms with Gasteiger partial charge >= 0.3 is 6.09 Å². The van der Waals surface area contributed by atoms with Crippen LogP contribution in [0.15, 0.2) is 30.3 Å². The van der Waals surface area contributed by atoms with E-state index in [1.54, 1.807) is 0 Å². The van der Waals surface area contributed by atoms with Crippen molar-refractivity contribution in [1.82, 2.24) is 10.2 Å². The van der Waals surface area contributed by atoms with E-state index in [1.807, 2.05) is 18.2 Å². The summed E-state index contributed by atoms with van der Waals surface area (Å²) in [6.45, 7) is 7.52. The Balaban J connectivity index is 2.19. The van der Waals surface area contributed by atoms with Gasteiger partial charge in [0.1, 0.15) is 0 Å². The molecule has 1 aliphatic rings. The summed E-state index contributed by atoms with van der Waals surface area (Å²) in [6, 6.07) is 10.5. The van der Waals surface area contributed by atoms with Gasteiger partial charge in [-0.25, -0.2) is 4.79 Å². The second-order valence-corrected chi connectivity index (χ2v) is 6.54. The Hall–Kier alpha value is -1.55. The Morgan fingerprint density at radius 3 is 2.50 bits per heavy atom. The minimum Gasteiger partial charge on any atom is -0.465 e.